The molecule has 3 aromatic rings. The van der Waals surface area contributed by atoms with Gasteiger partial charge < -0.3 is 10.4 Å². The topological polar surface area (TPSA) is 70.4 Å². The van der Waals surface area contributed by atoms with Crippen LogP contribution in [0.1, 0.15) is 47.2 Å². The molecule has 0 spiro atoms. The Morgan fingerprint density at radius 2 is 1.61 bits per heavy atom. The molecule has 2 aliphatic rings. The van der Waals surface area contributed by atoms with E-state index in [1.54, 1.807) is 12.1 Å². The van der Waals surface area contributed by atoms with Gasteiger partial charge in [-0.3, -0.25) is 9.58 Å². The van der Waals surface area contributed by atoms with E-state index in [0.717, 1.165) is 25.9 Å². The van der Waals surface area contributed by atoms with E-state index in [2.05, 4.69) is 39.6 Å². The predicted molar refractivity (Wildman–Crippen MR) is 120 cm³/mol. The first kappa shape index (κ1) is 19.8. The van der Waals surface area contributed by atoms with Gasteiger partial charge in [-0.1, -0.05) is 24.3 Å². The van der Waals surface area contributed by atoms with Crippen molar-refractivity contribution in [3.8, 4) is 0 Å². The number of hydrogen-bond acceptors (Lipinski definition) is 4. The third kappa shape index (κ3) is 4.49. The van der Waals surface area contributed by atoms with Crippen molar-refractivity contribution in [1.29, 1.82) is 0 Å². The average Bonchev–Trinajstić information content (AvgIpc) is 3.35. The summed E-state index contributed by atoms with van der Waals surface area (Å²) in [4.78, 5) is 13.7. The number of anilines is 1. The summed E-state index contributed by atoms with van der Waals surface area (Å²) in [6, 6.07) is 19.7. The Balaban J connectivity index is 1.17. The lowest BCUT2D eigenvalue weighted by Gasteiger charge is -2.39. The van der Waals surface area contributed by atoms with Crippen LogP contribution in [0.4, 0.5) is 5.69 Å². The van der Waals surface area contributed by atoms with E-state index in [1.807, 2.05) is 35.3 Å². The molecular weight excluding hydrogens is 388 g/mol. The van der Waals surface area contributed by atoms with Crippen LogP contribution in [0.15, 0.2) is 67.0 Å². The molecule has 2 N–H and O–H groups in total. The number of nitrogens with zero attached hydrogens (tertiary/aromatic N) is 3. The molecule has 2 aliphatic heterocycles. The van der Waals surface area contributed by atoms with Crippen LogP contribution in [-0.2, 0) is 13.1 Å². The summed E-state index contributed by atoms with van der Waals surface area (Å²) in [5.74, 6) is -0.868. The van der Waals surface area contributed by atoms with Gasteiger partial charge in [0.25, 0.3) is 0 Å². The lowest BCUT2D eigenvalue weighted by Crippen LogP contribution is -2.46. The van der Waals surface area contributed by atoms with Crippen molar-refractivity contribution in [3.05, 3.63) is 83.7 Å². The number of rotatable bonds is 7. The minimum atomic E-state index is -0.868. The Morgan fingerprint density at radius 3 is 2.23 bits per heavy atom. The summed E-state index contributed by atoms with van der Waals surface area (Å²) in [5, 5.41) is 17.1. The Kier molecular flexibility index (Phi) is 5.47. The van der Waals surface area contributed by atoms with Crippen molar-refractivity contribution in [2.24, 2.45) is 0 Å². The molecule has 2 saturated heterocycles. The molecule has 5 rings (SSSR count). The maximum Gasteiger partial charge on any atom is 0.335 e. The summed E-state index contributed by atoms with van der Waals surface area (Å²) in [6.07, 6.45) is 8.59. The molecule has 6 nitrogen and oxygen atoms in total. The number of nitrogens with one attached hydrogen (secondary N) is 1. The van der Waals surface area contributed by atoms with Gasteiger partial charge in [0.1, 0.15) is 0 Å². The van der Waals surface area contributed by atoms with E-state index >= 15 is 0 Å². The fraction of sp³-hybridized carbons (Fsp3) is 0.360. The smallest absolute Gasteiger partial charge is 0.335 e. The van der Waals surface area contributed by atoms with E-state index in [-0.39, 0.29) is 0 Å². The van der Waals surface area contributed by atoms with E-state index in [9.17, 15) is 4.79 Å². The SMILES string of the molecule is O=C(O)c1ccc(CN2C3CCC2CC(Nc2ccc(Cn4cccn4)cc2)C3)cc1. The summed E-state index contributed by atoms with van der Waals surface area (Å²) in [7, 11) is 0. The van der Waals surface area contributed by atoms with Crippen molar-refractivity contribution in [3.63, 3.8) is 0 Å². The van der Waals surface area contributed by atoms with Crippen LogP contribution in [0.2, 0.25) is 0 Å². The zero-order valence-corrected chi connectivity index (χ0v) is 17.5. The lowest BCUT2D eigenvalue weighted by atomic mass is 9.96. The number of hydrogen-bond donors (Lipinski definition) is 2. The Hall–Kier alpha value is -3.12. The number of fused-ring (bicyclic) bond motifs is 2. The van der Waals surface area contributed by atoms with Crippen LogP contribution in [0.5, 0.6) is 0 Å². The molecule has 160 valence electrons. The normalized spacial score (nSPS) is 23.0. The molecule has 0 aliphatic carbocycles. The van der Waals surface area contributed by atoms with Crippen LogP contribution in [-0.4, -0.2) is 43.9 Å². The van der Waals surface area contributed by atoms with E-state index < -0.39 is 5.97 Å². The second kappa shape index (κ2) is 8.55. The van der Waals surface area contributed by atoms with E-state index in [1.165, 1.54) is 29.7 Å². The van der Waals surface area contributed by atoms with Crippen molar-refractivity contribution in [2.45, 2.75) is 56.9 Å². The highest BCUT2D eigenvalue weighted by Crippen LogP contribution is 2.38. The zero-order chi connectivity index (χ0) is 21.2. The van der Waals surface area contributed by atoms with Crippen molar-refractivity contribution < 1.29 is 9.90 Å². The monoisotopic (exact) mass is 416 g/mol. The number of carbonyl (C=O) groups is 1. The number of carboxylic acid groups (broad SMARTS) is 1. The number of aromatic nitrogens is 2. The highest BCUT2D eigenvalue weighted by atomic mass is 16.4. The fourth-order valence-electron chi connectivity index (χ4n) is 5.14. The Labute approximate surface area is 182 Å². The molecule has 31 heavy (non-hydrogen) atoms. The summed E-state index contributed by atoms with van der Waals surface area (Å²) < 4.78 is 1.94. The van der Waals surface area contributed by atoms with Gasteiger partial charge in [-0.15, -0.1) is 0 Å². The molecule has 2 unspecified atom stereocenters. The highest BCUT2D eigenvalue weighted by Gasteiger charge is 2.40. The second-order valence-corrected chi connectivity index (χ2v) is 8.77. The highest BCUT2D eigenvalue weighted by molar-refractivity contribution is 5.87. The Morgan fingerprint density at radius 1 is 0.968 bits per heavy atom. The minimum absolute atomic E-state index is 0.352. The van der Waals surface area contributed by atoms with Crippen molar-refractivity contribution >= 4 is 11.7 Å². The third-order valence-electron chi connectivity index (χ3n) is 6.68. The molecule has 2 bridgehead atoms. The van der Waals surface area contributed by atoms with Gasteiger partial charge in [0.15, 0.2) is 0 Å². The molecule has 1 aromatic heterocycles. The van der Waals surface area contributed by atoms with Crippen molar-refractivity contribution in [2.75, 3.05) is 5.32 Å². The lowest BCUT2D eigenvalue weighted by molar-refractivity contribution is 0.0696. The molecule has 2 fully saturated rings. The summed E-state index contributed by atoms with van der Waals surface area (Å²) in [6.45, 7) is 1.70. The van der Waals surface area contributed by atoms with Crippen LogP contribution in [0.3, 0.4) is 0 Å². The molecule has 0 amide bonds. The average molecular weight is 417 g/mol. The van der Waals surface area contributed by atoms with Gasteiger partial charge in [0.05, 0.1) is 12.1 Å². The maximum absolute atomic E-state index is 11.1. The molecule has 0 saturated carbocycles. The molecule has 2 aromatic carbocycles. The summed E-state index contributed by atoms with van der Waals surface area (Å²) >= 11 is 0. The van der Waals surface area contributed by atoms with Gasteiger partial charge >= 0.3 is 5.97 Å². The van der Waals surface area contributed by atoms with Crippen LogP contribution in [0.25, 0.3) is 0 Å². The van der Waals surface area contributed by atoms with Gasteiger partial charge in [-0.2, -0.15) is 5.10 Å². The van der Waals surface area contributed by atoms with Crippen molar-refractivity contribution in [1.82, 2.24) is 14.7 Å². The number of benzene rings is 2. The molecule has 6 heteroatoms. The number of carboxylic acids is 1. The Bertz CT molecular complexity index is 1000. The van der Waals surface area contributed by atoms with Gasteiger partial charge in [-0.05, 0) is 67.1 Å². The first-order valence-electron chi connectivity index (χ1n) is 11.0. The third-order valence-corrected chi connectivity index (χ3v) is 6.68. The van der Waals surface area contributed by atoms with Gasteiger partial charge in [-0.25, -0.2) is 4.79 Å². The maximum atomic E-state index is 11.1. The number of aromatic carboxylic acids is 1. The molecule has 2 atom stereocenters. The van der Waals surface area contributed by atoms with Crippen LogP contribution < -0.4 is 5.32 Å². The second-order valence-electron chi connectivity index (χ2n) is 8.77. The molecular formula is C25H28N4O2. The zero-order valence-electron chi connectivity index (χ0n) is 17.5. The minimum Gasteiger partial charge on any atom is -0.478 e. The first-order chi connectivity index (χ1) is 15.1. The van der Waals surface area contributed by atoms with Crippen LogP contribution >= 0.6 is 0 Å². The number of piperidine rings is 1. The van der Waals surface area contributed by atoms with Gasteiger partial charge in [0, 0.05) is 42.8 Å². The van der Waals surface area contributed by atoms with Gasteiger partial charge in [0.2, 0.25) is 0 Å². The molecule has 0 radical (unpaired) electrons. The van der Waals surface area contributed by atoms with E-state index in [4.69, 9.17) is 5.11 Å². The quantitative estimate of drug-likeness (QED) is 0.603. The van der Waals surface area contributed by atoms with Crippen LogP contribution in [0, 0.1) is 0 Å². The first-order valence-corrected chi connectivity index (χ1v) is 11.0. The fourth-order valence-corrected chi connectivity index (χ4v) is 5.14. The molecule has 3 heterocycles. The summed E-state index contributed by atoms with van der Waals surface area (Å²) in [5.41, 5.74) is 3.98. The van der Waals surface area contributed by atoms with E-state index in [0.29, 0.717) is 23.7 Å². The predicted octanol–water partition coefficient (Wildman–Crippen LogP) is 4.24. The standard InChI is InChI=1S/C25H28N4O2/c30-25(31)20-6-2-19(3-7-20)17-29-23-10-11-24(29)15-22(14-23)27-21-8-4-18(5-9-21)16-28-13-1-12-26-28/h1-9,12-13,22-24,27H,10-11,14-17H2,(H,30,31). The largest absolute Gasteiger partial charge is 0.478 e.